The van der Waals surface area contributed by atoms with E-state index in [1.54, 1.807) is 10.7 Å². The van der Waals surface area contributed by atoms with E-state index >= 15 is 0 Å². The number of nitrogens with zero attached hydrogens (tertiary/aromatic N) is 6. The highest BCUT2D eigenvalue weighted by molar-refractivity contribution is 5.77. The maximum atomic E-state index is 12.4. The molecule has 7 heteroatoms. The minimum absolute atomic E-state index is 0.276. The van der Waals surface area contributed by atoms with Gasteiger partial charge in [0, 0.05) is 32.6 Å². The van der Waals surface area contributed by atoms with Crippen molar-refractivity contribution in [2.24, 2.45) is 5.92 Å². The first-order chi connectivity index (χ1) is 11.3. The second-order valence-corrected chi connectivity index (χ2v) is 6.13. The summed E-state index contributed by atoms with van der Waals surface area (Å²) in [5.41, 5.74) is 0.744. The van der Waals surface area contributed by atoms with E-state index in [1.807, 2.05) is 11.1 Å². The Balaban J connectivity index is 1.40. The molecule has 0 bridgehead atoms. The van der Waals surface area contributed by atoms with Crippen LogP contribution < -0.4 is 4.90 Å². The number of amides is 1. The van der Waals surface area contributed by atoms with Crippen LogP contribution in [0.3, 0.4) is 0 Å². The standard InChI is InChI=1S/C16H20N6O/c23-16(9-13-3-1-2-4-13)21-7-5-20(6-8-21)15-11-17-10-14-18-12-19-22(14)15/h1,3,10-13H,2,4-9H2. The fourth-order valence-electron chi connectivity index (χ4n) is 3.36. The zero-order valence-corrected chi connectivity index (χ0v) is 13.0. The van der Waals surface area contributed by atoms with Crippen molar-refractivity contribution in [1.82, 2.24) is 24.5 Å². The summed E-state index contributed by atoms with van der Waals surface area (Å²) in [5, 5.41) is 4.25. The number of anilines is 1. The van der Waals surface area contributed by atoms with Gasteiger partial charge in [0.25, 0.3) is 0 Å². The first-order valence-electron chi connectivity index (χ1n) is 8.14. The molecule has 23 heavy (non-hydrogen) atoms. The molecule has 4 rings (SSSR count). The first-order valence-corrected chi connectivity index (χ1v) is 8.14. The number of allylic oxidation sites excluding steroid dienone is 2. The normalized spacial score (nSPS) is 21.3. The number of carbonyl (C=O) groups excluding carboxylic acids is 1. The molecule has 1 aliphatic heterocycles. The van der Waals surface area contributed by atoms with Crippen LogP contribution in [0.2, 0.25) is 0 Å². The first kappa shape index (κ1) is 14.2. The summed E-state index contributed by atoms with van der Waals surface area (Å²) in [6.45, 7) is 3.10. The molecular weight excluding hydrogens is 292 g/mol. The molecule has 0 saturated carbocycles. The van der Waals surface area contributed by atoms with Crippen LogP contribution in [0.1, 0.15) is 19.3 Å². The van der Waals surface area contributed by atoms with Gasteiger partial charge in [0.15, 0.2) is 11.5 Å². The summed E-state index contributed by atoms with van der Waals surface area (Å²) < 4.78 is 1.80. The van der Waals surface area contributed by atoms with Gasteiger partial charge in [-0.1, -0.05) is 12.2 Å². The zero-order valence-electron chi connectivity index (χ0n) is 13.0. The Kier molecular flexibility index (Phi) is 3.69. The molecule has 0 aromatic carbocycles. The van der Waals surface area contributed by atoms with Crippen LogP contribution in [0.5, 0.6) is 0 Å². The van der Waals surface area contributed by atoms with Gasteiger partial charge in [-0.05, 0) is 18.8 Å². The molecule has 1 atom stereocenters. The van der Waals surface area contributed by atoms with E-state index in [-0.39, 0.29) is 5.91 Å². The average Bonchev–Trinajstić information content (AvgIpc) is 3.25. The number of piperazine rings is 1. The van der Waals surface area contributed by atoms with Gasteiger partial charge in [-0.25, -0.2) is 4.98 Å². The summed E-state index contributed by atoms with van der Waals surface area (Å²) in [7, 11) is 0. The fourth-order valence-corrected chi connectivity index (χ4v) is 3.36. The van der Waals surface area contributed by atoms with Crippen LogP contribution in [-0.4, -0.2) is 56.6 Å². The minimum Gasteiger partial charge on any atom is -0.352 e. The highest BCUT2D eigenvalue weighted by Gasteiger charge is 2.24. The number of hydrogen-bond donors (Lipinski definition) is 0. The monoisotopic (exact) mass is 312 g/mol. The molecule has 2 aliphatic rings. The van der Waals surface area contributed by atoms with Crippen molar-refractivity contribution in [3.8, 4) is 0 Å². The molecule has 0 spiro atoms. The lowest BCUT2D eigenvalue weighted by Gasteiger charge is -2.36. The van der Waals surface area contributed by atoms with Gasteiger partial charge in [0.2, 0.25) is 5.91 Å². The van der Waals surface area contributed by atoms with Gasteiger partial charge in [0.05, 0.1) is 12.4 Å². The van der Waals surface area contributed by atoms with Crippen molar-refractivity contribution in [2.75, 3.05) is 31.1 Å². The Hall–Kier alpha value is -2.44. The maximum absolute atomic E-state index is 12.4. The quantitative estimate of drug-likeness (QED) is 0.795. The Bertz CT molecular complexity index is 731. The predicted octanol–water partition coefficient (Wildman–Crippen LogP) is 1.13. The predicted molar refractivity (Wildman–Crippen MR) is 86.1 cm³/mol. The molecule has 3 heterocycles. The van der Waals surface area contributed by atoms with Crippen molar-refractivity contribution in [3.63, 3.8) is 0 Å². The lowest BCUT2D eigenvalue weighted by molar-refractivity contribution is -0.132. The van der Waals surface area contributed by atoms with Gasteiger partial charge in [-0.2, -0.15) is 9.61 Å². The molecule has 1 saturated heterocycles. The highest BCUT2D eigenvalue weighted by atomic mass is 16.2. The van der Waals surface area contributed by atoms with Crippen LogP contribution in [0.4, 0.5) is 5.82 Å². The Morgan fingerprint density at radius 3 is 2.87 bits per heavy atom. The fraction of sp³-hybridized carbons (Fsp3) is 0.500. The van der Waals surface area contributed by atoms with Crippen LogP contribution in [0.25, 0.3) is 5.65 Å². The molecule has 2 aromatic heterocycles. The Morgan fingerprint density at radius 2 is 2.09 bits per heavy atom. The van der Waals surface area contributed by atoms with Crippen LogP contribution in [-0.2, 0) is 4.79 Å². The van der Waals surface area contributed by atoms with Crippen molar-refractivity contribution >= 4 is 17.4 Å². The molecule has 1 amide bonds. The molecule has 7 nitrogen and oxygen atoms in total. The summed E-state index contributed by atoms with van der Waals surface area (Å²) in [6.07, 6.45) is 12.3. The number of hydrogen-bond acceptors (Lipinski definition) is 5. The molecule has 0 N–H and O–H groups in total. The van der Waals surface area contributed by atoms with Crippen molar-refractivity contribution in [3.05, 3.63) is 30.9 Å². The van der Waals surface area contributed by atoms with E-state index in [9.17, 15) is 4.79 Å². The molecule has 0 radical (unpaired) electrons. The van der Waals surface area contributed by atoms with Crippen molar-refractivity contribution in [1.29, 1.82) is 0 Å². The molecule has 1 aliphatic carbocycles. The molecule has 1 unspecified atom stereocenters. The van der Waals surface area contributed by atoms with Crippen LogP contribution in [0.15, 0.2) is 30.9 Å². The molecular formula is C16H20N6O. The van der Waals surface area contributed by atoms with Crippen molar-refractivity contribution in [2.45, 2.75) is 19.3 Å². The van der Waals surface area contributed by atoms with Crippen LogP contribution >= 0.6 is 0 Å². The Labute approximate surface area is 134 Å². The van der Waals surface area contributed by atoms with Gasteiger partial charge >= 0.3 is 0 Å². The largest absolute Gasteiger partial charge is 0.352 e. The number of carbonyl (C=O) groups is 1. The molecule has 2 aromatic rings. The zero-order chi connectivity index (χ0) is 15.6. The van der Waals surface area contributed by atoms with E-state index in [4.69, 9.17) is 0 Å². The third-order valence-corrected chi connectivity index (χ3v) is 4.68. The van der Waals surface area contributed by atoms with E-state index < -0.39 is 0 Å². The minimum atomic E-state index is 0.276. The van der Waals surface area contributed by atoms with Gasteiger partial charge in [0.1, 0.15) is 6.33 Å². The smallest absolute Gasteiger partial charge is 0.223 e. The second kappa shape index (κ2) is 5.98. The second-order valence-electron chi connectivity index (χ2n) is 6.13. The Morgan fingerprint density at radius 1 is 1.22 bits per heavy atom. The molecule has 120 valence electrons. The summed E-state index contributed by atoms with van der Waals surface area (Å²) >= 11 is 0. The third-order valence-electron chi connectivity index (χ3n) is 4.68. The number of rotatable bonds is 3. The lowest BCUT2D eigenvalue weighted by atomic mass is 10.0. The van der Waals surface area contributed by atoms with Gasteiger partial charge < -0.3 is 9.80 Å². The average molecular weight is 312 g/mol. The van der Waals surface area contributed by atoms with E-state index in [0.717, 1.165) is 50.5 Å². The maximum Gasteiger partial charge on any atom is 0.223 e. The van der Waals surface area contributed by atoms with Crippen molar-refractivity contribution < 1.29 is 4.79 Å². The van der Waals surface area contributed by atoms with Crippen LogP contribution in [0, 0.1) is 5.92 Å². The van der Waals surface area contributed by atoms with Gasteiger partial charge in [-0.3, -0.25) is 9.78 Å². The third kappa shape index (κ3) is 2.78. The van der Waals surface area contributed by atoms with E-state index in [2.05, 4.69) is 32.1 Å². The van der Waals surface area contributed by atoms with E-state index in [0.29, 0.717) is 12.3 Å². The SMILES string of the molecule is O=C(CC1C=CCC1)N1CCN(c2cncc3ncnn23)CC1. The summed E-state index contributed by atoms with van der Waals surface area (Å²) in [6, 6.07) is 0. The topological polar surface area (TPSA) is 66.6 Å². The lowest BCUT2D eigenvalue weighted by Crippen LogP contribution is -2.49. The highest BCUT2D eigenvalue weighted by Crippen LogP contribution is 2.22. The number of fused-ring (bicyclic) bond motifs is 1. The number of aromatic nitrogens is 4. The molecule has 1 fully saturated rings. The van der Waals surface area contributed by atoms with E-state index in [1.165, 1.54) is 6.33 Å². The summed E-state index contributed by atoms with van der Waals surface area (Å²) in [4.78, 5) is 25.0. The van der Waals surface area contributed by atoms with Gasteiger partial charge in [-0.15, -0.1) is 0 Å². The summed E-state index contributed by atoms with van der Waals surface area (Å²) in [5.74, 6) is 1.65.